The quantitative estimate of drug-likeness (QED) is 0.669. The molecule has 1 aromatic rings. The summed E-state index contributed by atoms with van der Waals surface area (Å²) in [6.45, 7) is 2.34. The Morgan fingerprint density at radius 3 is 2.21 bits per heavy atom. The summed E-state index contributed by atoms with van der Waals surface area (Å²) in [4.78, 5) is 23.8. The molecule has 1 saturated carbocycles. The van der Waals surface area contributed by atoms with E-state index >= 15 is 0 Å². The van der Waals surface area contributed by atoms with Gasteiger partial charge in [0.2, 0.25) is 0 Å². The molecule has 3 rings (SSSR count). The molecule has 0 bridgehead atoms. The Balaban J connectivity index is 2.13. The topological polar surface area (TPSA) is 110 Å². The second-order valence-corrected chi connectivity index (χ2v) is 6.76. The first-order chi connectivity index (χ1) is 11.4. The maximum atomic E-state index is 11.6. The summed E-state index contributed by atoms with van der Waals surface area (Å²) in [6, 6.07) is 1.28. The van der Waals surface area contributed by atoms with Gasteiger partial charge >= 0.3 is 5.69 Å². The molecule has 1 aromatic carbocycles. The first kappa shape index (κ1) is 16.6. The van der Waals surface area contributed by atoms with E-state index in [-0.39, 0.29) is 22.6 Å². The van der Waals surface area contributed by atoms with Crippen LogP contribution in [0.5, 0.6) is 0 Å². The van der Waals surface area contributed by atoms with Crippen LogP contribution in [0.4, 0.5) is 17.1 Å². The first-order valence-corrected chi connectivity index (χ1v) is 8.25. The number of anilines is 1. The molecule has 2 fully saturated rings. The SMILES string of the molecule is Cc1c(CO)cc([N+](=O)[O-])c(N2CC3CCCCC3C2)c1[N+](=O)[O-]. The highest BCUT2D eigenvalue weighted by Crippen LogP contribution is 2.46. The van der Waals surface area contributed by atoms with E-state index in [1.165, 1.54) is 6.07 Å². The Kier molecular flexibility index (Phi) is 4.40. The zero-order chi connectivity index (χ0) is 17.4. The van der Waals surface area contributed by atoms with E-state index in [0.717, 1.165) is 25.7 Å². The van der Waals surface area contributed by atoms with Gasteiger partial charge in [0.25, 0.3) is 5.69 Å². The van der Waals surface area contributed by atoms with Crippen molar-refractivity contribution in [2.45, 2.75) is 39.2 Å². The van der Waals surface area contributed by atoms with Gasteiger partial charge in [0.05, 0.1) is 16.5 Å². The fourth-order valence-corrected chi connectivity index (χ4v) is 4.22. The lowest BCUT2D eigenvalue weighted by molar-refractivity contribution is -0.393. The number of nitro benzene ring substituents is 2. The van der Waals surface area contributed by atoms with Crippen molar-refractivity contribution >= 4 is 17.1 Å². The van der Waals surface area contributed by atoms with Crippen LogP contribution in [-0.4, -0.2) is 28.0 Å². The van der Waals surface area contributed by atoms with Gasteiger partial charge in [-0.1, -0.05) is 12.8 Å². The molecular formula is C16H21N3O5. The van der Waals surface area contributed by atoms with Crippen LogP contribution in [0.2, 0.25) is 0 Å². The minimum Gasteiger partial charge on any atom is -0.392 e. The maximum Gasteiger partial charge on any atom is 0.302 e. The molecule has 0 aromatic heterocycles. The number of aliphatic hydroxyl groups is 1. The molecule has 1 saturated heterocycles. The summed E-state index contributed by atoms with van der Waals surface area (Å²) in [7, 11) is 0. The normalized spacial score (nSPS) is 23.2. The van der Waals surface area contributed by atoms with Crippen molar-refractivity contribution in [1.29, 1.82) is 0 Å². The van der Waals surface area contributed by atoms with Crippen molar-refractivity contribution in [3.8, 4) is 0 Å². The maximum absolute atomic E-state index is 11.6. The van der Waals surface area contributed by atoms with E-state index in [1.807, 2.05) is 4.90 Å². The summed E-state index contributed by atoms with van der Waals surface area (Å²) in [6.07, 6.45) is 4.47. The van der Waals surface area contributed by atoms with E-state index in [0.29, 0.717) is 30.5 Å². The monoisotopic (exact) mass is 335 g/mol. The van der Waals surface area contributed by atoms with E-state index < -0.39 is 16.5 Å². The van der Waals surface area contributed by atoms with Gasteiger partial charge in [0.1, 0.15) is 0 Å². The minimum absolute atomic E-state index is 0.106. The fraction of sp³-hybridized carbons (Fsp3) is 0.625. The van der Waals surface area contributed by atoms with Crippen LogP contribution in [0.25, 0.3) is 0 Å². The molecule has 1 aliphatic heterocycles. The van der Waals surface area contributed by atoms with Crippen LogP contribution in [0.3, 0.4) is 0 Å². The van der Waals surface area contributed by atoms with Crippen LogP contribution in [0.15, 0.2) is 6.07 Å². The average molecular weight is 335 g/mol. The van der Waals surface area contributed by atoms with Gasteiger partial charge in [-0.15, -0.1) is 0 Å². The number of nitrogens with zero attached hydrogens (tertiary/aromatic N) is 3. The van der Waals surface area contributed by atoms with Crippen molar-refractivity contribution in [3.05, 3.63) is 37.4 Å². The average Bonchev–Trinajstić information content (AvgIpc) is 2.97. The molecule has 0 amide bonds. The molecule has 2 atom stereocenters. The zero-order valence-electron chi connectivity index (χ0n) is 13.6. The van der Waals surface area contributed by atoms with Crippen molar-refractivity contribution in [2.24, 2.45) is 11.8 Å². The number of aliphatic hydroxyl groups excluding tert-OH is 1. The number of nitro groups is 2. The molecular weight excluding hydrogens is 314 g/mol. The Morgan fingerprint density at radius 2 is 1.75 bits per heavy atom. The van der Waals surface area contributed by atoms with Gasteiger partial charge in [-0.2, -0.15) is 0 Å². The van der Waals surface area contributed by atoms with E-state index in [9.17, 15) is 25.3 Å². The van der Waals surface area contributed by atoms with Gasteiger partial charge in [-0.3, -0.25) is 20.2 Å². The highest BCUT2D eigenvalue weighted by molar-refractivity contribution is 5.79. The molecule has 8 heteroatoms. The van der Waals surface area contributed by atoms with Gasteiger partial charge in [-0.25, -0.2) is 0 Å². The third-order valence-electron chi connectivity index (χ3n) is 5.46. The molecule has 1 heterocycles. The van der Waals surface area contributed by atoms with Crippen LogP contribution in [0.1, 0.15) is 36.8 Å². The van der Waals surface area contributed by atoms with Gasteiger partial charge in [0, 0.05) is 24.7 Å². The molecule has 24 heavy (non-hydrogen) atoms. The van der Waals surface area contributed by atoms with Crippen LogP contribution in [0, 0.1) is 39.0 Å². The van der Waals surface area contributed by atoms with Gasteiger partial charge < -0.3 is 10.0 Å². The summed E-state index contributed by atoms with van der Waals surface area (Å²) in [5, 5.41) is 32.6. The second kappa shape index (κ2) is 6.35. The highest BCUT2D eigenvalue weighted by Gasteiger charge is 2.41. The van der Waals surface area contributed by atoms with Gasteiger partial charge in [0.15, 0.2) is 5.69 Å². The first-order valence-electron chi connectivity index (χ1n) is 8.25. The largest absolute Gasteiger partial charge is 0.392 e. The third kappa shape index (κ3) is 2.71. The predicted molar refractivity (Wildman–Crippen MR) is 88.1 cm³/mol. The van der Waals surface area contributed by atoms with Crippen LogP contribution < -0.4 is 4.90 Å². The Bertz CT molecular complexity index is 677. The molecule has 2 aliphatic rings. The number of fused-ring (bicyclic) bond motifs is 1. The Morgan fingerprint density at radius 1 is 1.17 bits per heavy atom. The molecule has 2 unspecified atom stereocenters. The molecule has 8 nitrogen and oxygen atoms in total. The Labute approximate surface area is 139 Å². The van der Waals surface area contributed by atoms with E-state index in [2.05, 4.69) is 0 Å². The molecule has 0 radical (unpaired) electrons. The lowest BCUT2D eigenvalue weighted by Crippen LogP contribution is -2.23. The minimum atomic E-state index is -0.580. The van der Waals surface area contributed by atoms with Crippen molar-refractivity contribution in [3.63, 3.8) is 0 Å². The summed E-state index contributed by atoms with van der Waals surface area (Å²) in [5.41, 5.74) is 0.114. The number of hydrogen-bond donors (Lipinski definition) is 1. The molecule has 1 aliphatic carbocycles. The number of hydrogen-bond acceptors (Lipinski definition) is 6. The third-order valence-corrected chi connectivity index (χ3v) is 5.46. The van der Waals surface area contributed by atoms with E-state index in [4.69, 9.17) is 0 Å². The second-order valence-electron chi connectivity index (χ2n) is 6.76. The molecule has 130 valence electrons. The summed E-state index contributed by atoms with van der Waals surface area (Å²) in [5.74, 6) is 0.909. The van der Waals surface area contributed by atoms with E-state index in [1.54, 1.807) is 6.92 Å². The Hall–Kier alpha value is -2.22. The van der Waals surface area contributed by atoms with Crippen LogP contribution >= 0.6 is 0 Å². The number of benzene rings is 1. The fourth-order valence-electron chi connectivity index (χ4n) is 4.22. The van der Waals surface area contributed by atoms with Crippen molar-refractivity contribution in [2.75, 3.05) is 18.0 Å². The molecule has 0 spiro atoms. The smallest absolute Gasteiger partial charge is 0.302 e. The van der Waals surface area contributed by atoms with Crippen molar-refractivity contribution < 1.29 is 15.0 Å². The lowest BCUT2D eigenvalue weighted by atomic mass is 9.82. The lowest BCUT2D eigenvalue weighted by Gasteiger charge is -2.22. The zero-order valence-corrected chi connectivity index (χ0v) is 13.6. The molecule has 1 N–H and O–H groups in total. The summed E-state index contributed by atoms with van der Waals surface area (Å²) < 4.78 is 0. The number of rotatable bonds is 4. The highest BCUT2D eigenvalue weighted by atomic mass is 16.6. The van der Waals surface area contributed by atoms with Crippen molar-refractivity contribution in [1.82, 2.24) is 0 Å². The summed E-state index contributed by atoms with van der Waals surface area (Å²) >= 11 is 0. The van der Waals surface area contributed by atoms with Gasteiger partial charge in [-0.05, 0) is 37.2 Å². The predicted octanol–water partition coefficient (Wildman–Crippen LogP) is 2.93. The standard InChI is InChI=1S/C16H21N3O5/c1-10-13(9-20)6-14(18(21)22)16(15(10)19(23)24)17-7-11-4-2-3-5-12(11)8-17/h6,11-12,20H,2-5,7-9H2,1H3. The van der Waals surface area contributed by atoms with Crippen LogP contribution in [-0.2, 0) is 6.61 Å².